The highest BCUT2D eigenvalue weighted by Crippen LogP contribution is 2.26. The van der Waals surface area contributed by atoms with Crippen molar-refractivity contribution in [1.82, 2.24) is 0 Å². The van der Waals surface area contributed by atoms with E-state index in [-0.39, 0.29) is 18.1 Å². The molecule has 7 nitrogen and oxygen atoms in total. The van der Waals surface area contributed by atoms with Crippen LogP contribution in [0.4, 0.5) is 11.4 Å². The van der Waals surface area contributed by atoms with Gasteiger partial charge in [-0.2, -0.15) is 5.26 Å². The topological polar surface area (TPSA) is 100 Å². The number of amides is 2. The summed E-state index contributed by atoms with van der Waals surface area (Å²) in [6.07, 6.45) is 1.42. The SMILES string of the molecule is COc1ccc(NC(=O)/C(C#N)=C\c2cc(Br)ccc2OCC(=O)Nc2cccc(C)c2C)cc1. The van der Waals surface area contributed by atoms with E-state index in [1.165, 1.54) is 6.08 Å². The van der Waals surface area contributed by atoms with Gasteiger partial charge in [-0.05, 0) is 79.6 Å². The summed E-state index contributed by atoms with van der Waals surface area (Å²) in [6.45, 7) is 3.67. The van der Waals surface area contributed by atoms with Crippen LogP contribution in [0.2, 0.25) is 0 Å². The van der Waals surface area contributed by atoms with E-state index in [0.29, 0.717) is 22.7 Å². The number of nitrogens with one attached hydrogen (secondary N) is 2. The molecule has 0 spiro atoms. The molecular weight excluding hydrogens is 510 g/mol. The zero-order valence-electron chi connectivity index (χ0n) is 19.5. The van der Waals surface area contributed by atoms with Gasteiger partial charge in [0.1, 0.15) is 23.1 Å². The van der Waals surface area contributed by atoms with Crippen molar-refractivity contribution in [2.75, 3.05) is 24.4 Å². The van der Waals surface area contributed by atoms with Crippen LogP contribution in [0.3, 0.4) is 0 Å². The monoisotopic (exact) mass is 533 g/mol. The fourth-order valence-electron chi connectivity index (χ4n) is 3.16. The van der Waals surface area contributed by atoms with Crippen molar-refractivity contribution >= 4 is 45.2 Å². The third-order valence-corrected chi connectivity index (χ3v) is 5.72. The molecule has 3 aromatic carbocycles. The minimum atomic E-state index is -0.573. The molecule has 0 fully saturated rings. The van der Waals surface area contributed by atoms with Crippen LogP contribution in [0, 0.1) is 25.2 Å². The lowest BCUT2D eigenvalue weighted by Gasteiger charge is -2.13. The van der Waals surface area contributed by atoms with Crippen LogP contribution < -0.4 is 20.1 Å². The molecule has 35 heavy (non-hydrogen) atoms. The van der Waals surface area contributed by atoms with Gasteiger partial charge in [0.25, 0.3) is 11.8 Å². The minimum absolute atomic E-state index is 0.122. The molecule has 0 aliphatic rings. The molecule has 2 amide bonds. The van der Waals surface area contributed by atoms with Crippen molar-refractivity contribution < 1.29 is 19.1 Å². The standard InChI is InChI=1S/C27H24BrN3O4/c1-17-5-4-6-24(18(17)2)31-26(32)16-35-25-12-7-21(28)14-19(25)13-20(15-29)27(33)30-22-8-10-23(34-3)11-9-22/h4-14H,16H2,1-3H3,(H,30,33)(H,31,32)/b20-13-. The first-order valence-corrected chi connectivity index (χ1v) is 11.5. The zero-order chi connectivity index (χ0) is 25.4. The van der Waals surface area contributed by atoms with Gasteiger partial charge in [0.15, 0.2) is 6.61 Å². The quantitative estimate of drug-likeness (QED) is 0.288. The van der Waals surface area contributed by atoms with Gasteiger partial charge in [-0.3, -0.25) is 9.59 Å². The van der Waals surface area contributed by atoms with E-state index in [0.717, 1.165) is 21.3 Å². The molecule has 8 heteroatoms. The van der Waals surface area contributed by atoms with E-state index in [2.05, 4.69) is 26.6 Å². The maximum Gasteiger partial charge on any atom is 0.266 e. The van der Waals surface area contributed by atoms with Gasteiger partial charge in [-0.25, -0.2) is 0 Å². The van der Waals surface area contributed by atoms with Crippen LogP contribution in [0.25, 0.3) is 6.08 Å². The molecule has 0 saturated heterocycles. The van der Waals surface area contributed by atoms with E-state index < -0.39 is 5.91 Å². The Morgan fingerprint density at radius 3 is 2.49 bits per heavy atom. The second-order valence-corrected chi connectivity index (χ2v) is 8.53. The normalized spacial score (nSPS) is 10.8. The number of hydrogen-bond acceptors (Lipinski definition) is 5. The number of aryl methyl sites for hydroxylation is 1. The number of rotatable bonds is 8. The fraction of sp³-hybridized carbons (Fsp3) is 0.148. The molecule has 0 bridgehead atoms. The van der Waals surface area contributed by atoms with Gasteiger partial charge in [0.05, 0.1) is 7.11 Å². The Morgan fingerprint density at radius 1 is 1.06 bits per heavy atom. The zero-order valence-corrected chi connectivity index (χ0v) is 21.1. The summed E-state index contributed by atoms with van der Waals surface area (Å²) in [5.41, 5.74) is 3.64. The fourth-order valence-corrected chi connectivity index (χ4v) is 3.54. The summed E-state index contributed by atoms with van der Waals surface area (Å²) in [7, 11) is 1.55. The molecule has 0 atom stereocenters. The number of carbonyl (C=O) groups is 2. The van der Waals surface area contributed by atoms with Gasteiger partial charge in [-0.1, -0.05) is 28.1 Å². The maximum absolute atomic E-state index is 12.7. The molecule has 0 aliphatic heterocycles. The lowest BCUT2D eigenvalue weighted by atomic mass is 10.1. The Hall–Kier alpha value is -4.09. The molecule has 178 valence electrons. The Kier molecular flexibility index (Phi) is 8.65. The minimum Gasteiger partial charge on any atom is -0.497 e. The number of nitriles is 1. The summed E-state index contributed by atoms with van der Waals surface area (Å²) < 4.78 is 11.6. The Balaban J connectivity index is 1.74. The molecule has 3 rings (SSSR count). The van der Waals surface area contributed by atoms with Crippen molar-refractivity contribution in [1.29, 1.82) is 5.26 Å². The summed E-state index contributed by atoms with van der Waals surface area (Å²) in [4.78, 5) is 25.2. The predicted octanol–water partition coefficient (Wildman–Crippen LogP) is 5.64. The van der Waals surface area contributed by atoms with Gasteiger partial charge >= 0.3 is 0 Å². The first-order chi connectivity index (χ1) is 16.8. The first-order valence-electron chi connectivity index (χ1n) is 10.7. The number of nitrogens with zero attached hydrogens (tertiary/aromatic N) is 1. The molecule has 0 aromatic heterocycles. The Labute approximate surface area is 212 Å². The smallest absolute Gasteiger partial charge is 0.266 e. The van der Waals surface area contributed by atoms with Crippen LogP contribution in [0.15, 0.2) is 70.7 Å². The van der Waals surface area contributed by atoms with Crippen LogP contribution in [-0.2, 0) is 9.59 Å². The van der Waals surface area contributed by atoms with Crippen molar-refractivity contribution in [2.45, 2.75) is 13.8 Å². The number of anilines is 2. The second-order valence-electron chi connectivity index (χ2n) is 7.62. The molecule has 0 unspecified atom stereocenters. The largest absolute Gasteiger partial charge is 0.497 e. The van der Waals surface area contributed by atoms with E-state index in [1.807, 2.05) is 38.1 Å². The Bertz CT molecular complexity index is 1310. The van der Waals surface area contributed by atoms with Crippen molar-refractivity contribution in [3.63, 3.8) is 0 Å². The molecule has 0 saturated carbocycles. The number of methoxy groups -OCH3 is 1. The number of carbonyl (C=O) groups excluding carboxylic acids is 2. The van der Waals surface area contributed by atoms with Crippen LogP contribution in [0.5, 0.6) is 11.5 Å². The van der Waals surface area contributed by atoms with Gasteiger partial charge in [0.2, 0.25) is 0 Å². The third-order valence-electron chi connectivity index (χ3n) is 5.22. The average Bonchev–Trinajstić information content (AvgIpc) is 2.85. The second kappa shape index (κ2) is 11.9. The number of benzene rings is 3. The van der Waals surface area contributed by atoms with Gasteiger partial charge in [0, 0.05) is 21.4 Å². The third kappa shape index (κ3) is 6.95. The van der Waals surface area contributed by atoms with Gasteiger partial charge in [-0.15, -0.1) is 0 Å². The van der Waals surface area contributed by atoms with Crippen molar-refractivity contribution in [3.05, 3.63) is 87.4 Å². The molecule has 0 heterocycles. The highest BCUT2D eigenvalue weighted by molar-refractivity contribution is 9.10. The molecule has 2 N–H and O–H groups in total. The number of ether oxygens (including phenoxy) is 2. The van der Waals surface area contributed by atoms with Crippen LogP contribution >= 0.6 is 15.9 Å². The highest BCUT2D eigenvalue weighted by Gasteiger charge is 2.13. The lowest BCUT2D eigenvalue weighted by Crippen LogP contribution is -2.21. The van der Waals surface area contributed by atoms with E-state index in [1.54, 1.807) is 49.6 Å². The maximum atomic E-state index is 12.7. The molecule has 0 aliphatic carbocycles. The molecule has 0 radical (unpaired) electrons. The summed E-state index contributed by atoms with van der Waals surface area (Å²) >= 11 is 3.39. The molecule has 3 aromatic rings. The lowest BCUT2D eigenvalue weighted by molar-refractivity contribution is -0.118. The number of hydrogen-bond donors (Lipinski definition) is 2. The summed E-state index contributed by atoms with van der Waals surface area (Å²) in [5.74, 6) is 0.108. The van der Waals surface area contributed by atoms with E-state index >= 15 is 0 Å². The average molecular weight is 534 g/mol. The summed E-state index contributed by atoms with van der Waals surface area (Å²) in [5, 5.41) is 15.1. The number of halogens is 1. The Morgan fingerprint density at radius 2 is 1.80 bits per heavy atom. The predicted molar refractivity (Wildman–Crippen MR) is 139 cm³/mol. The van der Waals surface area contributed by atoms with Crippen molar-refractivity contribution in [3.8, 4) is 17.6 Å². The first kappa shape index (κ1) is 25.5. The van der Waals surface area contributed by atoms with E-state index in [9.17, 15) is 14.9 Å². The van der Waals surface area contributed by atoms with Gasteiger partial charge < -0.3 is 20.1 Å². The highest BCUT2D eigenvalue weighted by atomic mass is 79.9. The van der Waals surface area contributed by atoms with Crippen LogP contribution in [-0.4, -0.2) is 25.5 Å². The molecular formula is C27H24BrN3O4. The van der Waals surface area contributed by atoms with Crippen LogP contribution in [0.1, 0.15) is 16.7 Å². The summed E-state index contributed by atoms with van der Waals surface area (Å²) in [6, 6.07) is 19.5. The van der Waals surface area contributed by atoms with E-state index in [4.69, 9.17) is 9.47 Å². The van der Waals surface area contributed by atoms with Crippen molar-refractivity contribution in [2.24, 2.45) is 0 Å².